The molecule has 0 spiro atoms. The van der Waals surface area contributed by atoms with Gasteiger partial charge in [-0.2, -0.15) is 26.3 Å². The Bertz CT molecular complexity index is 1580. The number of likely N-dealkylation sites (tertiary alicyclic amines) is 2. The van der Waals surface area contributed by atoms with Gasteiger partial charge < -0.3 is 20.5 Å². The van der Waals surface area contributed by atoms with Gasteiger partial charge in [0.05, 0.1) is 13.7 Å². The largest absolute Gasteiger partial charge is 0.496 e. The minimum absolute atomic E-state index is 0.138. The van der Waals surface area contributed by atoms with Gasteiger partial charge in [-0.15, -0.1) is 0 Å². The Hall–Kier alpha value is -3.84. The molecule has 49 heavy (non-hydrogen) atoms. The molecule has 0 saturated carbocycles. The highest BCUT2D eigenvalue weighted by atomic mass is 19.4. The van der Waals surface area contributed by atoms with Crippen LogP contribution in [0.5, 0.6) is 5.75 Å². The van der Waals surface area contributed by atoms with Gasteiger partial charge in [0, 0.05) is 18.5 Å². The second-order valence-electron chi connectivity index (χ2n) is 12.7. The topological polar surface area (TPSA) is 96.1 Å². The van der Waals surface area contributed by atoms with Crippen LogP contribution in [0.3, 0.4) is 0 Å². The molecule has 7 nitrogen and oxygen atoms in total. The Morgan fingerprint density at radius 3 is 2.08 bits per heavy atom. The van der Waals surface area contributed by atoms with E-state index in [0.717, 1.165) is 51.1 Å². The molecule has 1 amide bonds. The molecule has 5 rings (SSSR count). The summed E-state index contributed by atoms with van der Waals surface area (Å²) in [4.78, 5) is 25.5. The van der Waals surface area contributed by atoms with E-state index in [1.807, 2.05) is 12.1 Å². The Morgan fingerprint density at radius 1 is 0.837 bits per heavy atom. The van der Waals surface area contributed by atoms with E-state index in [0.29, 0.717) is 6.42 Å². The van der Waals surface area contributed by atoms with Crippen LogP contribution in [0.2, 0.25) is 0 Å². The average Bonchev–Trinajstić information content (AvgIpc) is 3.05. The summed E-state index contributed by atoms with van der Waals surface area (Å²) in [5.74, 6) is -1.43. The highest BCUT2D eigenvalue weighted by molar-refractivity contribution is 5.99. The second-order valence-corrected chi connectivity index (χ2v) is 12.7. The van der Waals surface area contributed by atoms with Crippen LogP contribution >= 0.6 is 0 Å². The number of carbonyl (C=O) groups is 2. The summed E-state index contributed by atoms with van der Waals surface area (Å²) >= 11 is 0. The maximum absolute atomic E-state index is 12.8. The molecule has 268 valence electrons. The first-order chi connectivity index (χ1) is 23.1. The third-order valence-corrected chi connectivity index (χ3v) is 9.47. The zero-order chi connectivity index (χ0) is 35.8. The first kappa shape index (κ1) is 38.0. The second kappa shape index (κ2) is 16.2. The van der Waals surface area contributed by atoms with Crippen molar-refractivity contribution in [3.8, 4) is 16.9 Å². The molecule has 0 atom stereocenters. The summed E-state index contributed by atoms with van der Waals surface area (Å²) in [5, 5.41) is 11.4. The van der Waals surface area contributed by atoms with E-state index >= 15 is 0 Å². The molecule has 0 aromatic heterocycles. The molecule has 3 N–H and O–H groups in total. The number of hydrogen-bond donors (Lipinski definition) is 2. The number of nitrogens with zero attached hydrogens (tertiary/aromatic N) is 2. The van der Waals surface area contributed by atoms with Crippen molar-refractivity contribution in [2.45, 2.75) is 63.7 Å². The lowest BCUT2D eigenvalue weighted by Crippen LogP contribution is -2.56. The lowest BCUT2D eigenvalue weighted by atomic mass is 9.77. The summed E-state index contributed by atoms with van der Waals surface area (Å²) in [5.41, 5.74) is 6.68. The number of halogens is 6. The highest BCUT2D eigenvalue weighted by Crippen LogP contribution is 2.46. The molecule has 2 aliphatic heterocycles. The molecule has 2 heterocycles. The average molecular weight is 696 g/mol. The number of amides is 1. The van der Waals surface area contributed by atoms with Crippen molar-refractivity contribution < 1.29 is 45.8 Å². The maximum atomic E-state index is 12.8. The molecule has 13 heteroatoms. The first-order valence-electron chi connectivity index (χ1n) is 16.4. The minimum Gasteiger partial charge on any atom is -0.496 e. The summed E-state index contributed by atoms with van der Waals surface area (Å²) < 4.78 is 80.2. The summed E-state index contributed by atoms with van der Waals surface area (Å²) in [6.07, 6.45) is -5.08. The lowest BCUT2D eigenvalue weighted by Gasteiger charge is -2.40. The predicted octanol–water partition coefficient (Wildman–Crippen LogP) is 7.24. The fourth-order valence-corrected chi connectivity index (χ4v) is 6.68. The smallest absolute Gasteiger partial charge is 0.403 e. The number of benzene rings is 3. The molecule has 3 aromatic carbocycles. The van der Waals surface area contributed by atoms with Gasteiger partial charge in [0.15, 0.2) is 0 Å². The van der Waals surface area contributed by atoms with Crippen molar-refractivity contribution >= 4 is 22.6 Å². The van der Waals surface area contributed by atoms with Gasteiger partial charge in [-0.05, 0) is 104 Å². The Kier molecular flexibility index (Phi) is 12.6. The van der Waals surface area contributed by atoms with E-state index in [1.165, 1.54) is 37.9 Å². The van der Waals surface area contributed by atoms with Crippen LogP contribution in [0.4, 0.5) is 26.3 Å². The van der Waals surface area contributed by atoms with Gasteiger partial charge in [-0.1, -0.05) is 48.9 Å². The summed E-state index contributed by atoms with van der Waals surface area (Å²) in [6, 6.07) is 19.0. The number of rotatable bonds is 10. The van der Waals surface area contributed by atoms with Gasteiger partial charge in [-0.25, -0.2) is 0 Å². The predicted molar refractivity (Wildman–Crippen MR) is 175 cm³/mol. The monoisotopic (exact) mass is 695 g/mol. The number of carboxylic acid groups (broad SMARTS) is 1. The van der Waals surface area contributed by atoms with E-state index in [2.05, 4.69) is 47.4 Å². The third-order valence-electron chi connectivity index (χ3n) is 9.47. The molecule has 0 radical (unpaired) electrons. The number of alkyl halides is 6. The normalized spacial score (nSPS) is 17.3. The number of hydrogen-bond acceptors (Lipinski definition) is 5. The lowest BCUT2D eigenvalue weighted by molar-refractivity contribution is -0.234. The number of piperidine rings is 2. The molecule has 0 bridgehead atoms. The zero-order valence-electron chi connectivity index (χ0n) is 27.5. The zero-order valence-corrected chi connectivity index (χ0v) is 27.5. The van der Waals surface area contributed by atoms with Crippen molar-refractivity contribution in [3.05, 3.63) is 65.7 Å². The minimum atomic E-state index is -4.83. The van der Waals surface area contributed by atoms with Crippen LogP contribution in [0.1, 0.15) is 49.7 Å². The first-order valence-corrected chi connectivity index (χ1v) is 16.4. The number of nitrogens with two attached hydrogens (primary N) is 1. The summed E-state index contributed by atoms with van der Waals surface area (Å²) in [6.45, 7) is 1.33. The number of methoxy groups -OCH3 is 1. The van der Waals surface area contributed by atoms with Crippen molar-refractivity contribution in [2.24, 2.45) is 11.1 Å². The molecular weight excluding hydrogens is 652 g/mol. The Balaban J connectivity index is 0.000000257. The number of fused-ring (bicyclic) bond motifs is 1. The highest BCUT2D eigenvalue weighted by Gasteiger charge is 2.60. The van der Waals surface area contributed by atoms with Crippen molar-refractivity contribution in [1.29, 1.82) is 0 Å². The van der Waals surface area contributed by atoms with Crippen LogP contribution in [0.25, 0.3) is 21.9 Å². The molecule has 2 fully saturated rings. The Morgan fingerprint density at radius 2 is 1.49 bits per heavy atom. The van der Waals surface area contributed by atoms with E-state index in [4.69, 9.17) is 15.6 Å². The molecule has 2 saturated heterocycles. The van der Waals surface area contributed by atoms with Gasteiger partial charge in [0.2, 0.25) is 5.91 Å². The fraction of sp³-hybridized carbons (Fsp3) is 0.500. The van der Waals surface area contributed by atoms with E-state index < -0.39 is 62.1 Å². The SMILES string of the molecule is COc1ccc(CCN2CCCCC2)cc1-c1cccc2c(CCC(=O)O)cccc12.NC(=O)C1(C(F)(F)F)CCN(CC(F)(F)F)CC1. The standard InChI is InChI=1S/C27H31NO3.C9H12F6N2O/c1-31-26-13-11-20(15-18-28-16-3-2-4-17-28)19-25(26)24-10-6-8-22-21(12-14-27(29)30)7-5-9-23(22)24;10-8(11,12)5-17-3-1-7(2-4-17,6(16)18)9(13,14)15/h5-11,13,19H,2-4,12,14-18H2,1H3,(H,29,30);1-5H2,(H2,16,18). The molecule has 0 aliphatic carbocycles. The number of carboxylic acids is 1. The van der Waals surface area contributed by atoms with Gasteiger partial charge >= 0.3 is 18.3 Å². The number of aliphatic carboxylic acids is 1. The van der Waals surface area contributed by atoms with Crippen LogP contribution in [0, 0.1) is 5.41 Å². The van der Waals surface area contributed by atoms with E-state index in [9.17, 15) is 35.9 Å². The van der Waals surface area contributed by atoms with Crippen molar-refractivity contribution in [3.63, 3.8) is 0 Å². The van der Waals surface area contributed by atoms with Crippen LogP contribution < -0.4 is 10.5 Å². The molecular formula is C36H43F6N3O4. The number of aryl methyl sites for hydroxylation is 1. The van der Waals surface area contributed by atoms with Crippen LogP contribution in [-0.2, 0) is 22.4 Å². The van der Waals surface area contributed by atoms with Gasteiger partial charge in [-0.3, -0.25) is 14.5 Å². The number of carbonyl (C=O) groups excluding carboxylic acids is 1. The quantitative estimate of drug-likeness (QED) is 0.217. The number of ether oxygens (including phenoxy) is 1. The van der Waals surface area contributed by atoms with Crippen LogP contribution in [0.15, 0.2) is 54.6 Å². The molecule has 3 aromatic rings. The van der Waals surface area contributed by atoms with Crippen molar-refractivity contribution in [2.75, 3.05) is 46.4 Å². The Labute approximate surface area is 282 Å². The maximum Gasteiger partial charge on any atom is 0.403 e. The van der Waals surface area contributed by atoms with E-state index in [-0.39, 0.29) is 6.42 Å². The van der Waals surface area contributed by atoms with Gasteiger partial charge in [0.25, 0.3) is 0 Å². The summed E-state index contributed by atoms with van der Waals surface area (Å²) in [7, 11) is 1.72. The van der Waals surface area contributed by atoms with Crippen LogP contribution in [-0.4, -0.2) is 85.5 Å². The molecule has 2 aliphatic rings. The van der Waals surface area contributed by atoms with Gasteiger partial charge in [0.1, 0.15) is 11.2 Å². The van der Waals surface area contributed by atoms with E-state index in [1.54, 1.807) is 7.11 Å². The fourth-order valence-electron chi connectivity index (χ4n) is 6.68. The number of primary amides is 1. The molecule has 0 unspecified atom stereocenters. The third kappa shape index (κ3) is 9.87. The van der Waals surface area contributed by atoms with Crippen molar-refractivity contribution in [1.82, 2.24) is 9.80 Å².